The molecule has 2 heterocycles. The molecule has 0 bridgehead atoms. The number of rotatable bonds is 3. The molecule has 0 unspecified atom stereocenters. The average molecular weight is 360 g/mol. The highest BCUT2D eigenvalue weighted by Gasteiger charge is 2.41. The molecule has 5 nitrogen and oxygen atoms in total. The van der Waals surface area contributed by atoms with E-state index < -0.39 is 21.9 Å². The smallest absolute Gasteiger partial charge is 0.308 e. The number of hydrogen-bond donors (Lipinski definition) is 1. The first kappa shape index (κ1) is 15.7. The number of sulfonamides is 1. The Hall–Kier alpha value is -1.15. The molecule has 22 heavy (non-hydrogen) atoms. The molecule has 0 aliphatic carbocycles. The van der Waals surface area contributed by atoms with Gasteiger partial charge >= 0.3 is 5.97 Å². The average Bonchev–Trinajstić information content (AvgIpc) is 3.02. The number of carboxylic acid groups (broad SMARTS) is 1. The maximum Gasteiger partial charge on any atom is 0.308 e. The number of aliphatic carboxylic acids is 1. The molecule has 1 aromatic heterocycles. The molecule has 1 N–H and O–H groups in total. The highest BCUT2D eigenvalue weighted by Crippen LogP contribution is 2.35. The largest absolute Gasteiger partial charge is 0.481 e. The first-order chi connectivity index (χ1) is 10.3. The van der Waals surface area contributed by atoms with Crippen LogP contribution >= 0.6 is 22.9 Å². The number of nitrogens with zero attached hydrogens (tertiary/aromatic N) is 1. The summed E-state index contributed by atoms with van der Waals surface area (Å²) in [5.41, 5.74) is 0. The lowest BCUT2D eigenvalue weighted by molar-refractivity contribution is -0.142. The number of benzene rings is 1. The Bertz CT molecular complexity index is 846. The van der Waals surface area contributed by atoms with E-state index in [1.807, 2.05) is 0 Å². The van der Waals surface area contributed by atoms with Crippen LogP contribution in [0, 0.1) is 11.8 Å². The van der Waals surface area contributed by atoms with Crippen molar-refractivity contribution in [3.63, 3.8) is 0 Å². The fourth-order valence-corrected chi connectivity index (χ4v) is 5.96. The van der Waals surface area contributed by atoms with Crippen molar-refractivity contribution in [1.29, 1.82) is 0 Å². The standard InChI is InChI=1S/C14H14ClNO4S2/c1-8-6-16(7-11(8)14(17)18)22(19,20)13-5-9-4-10(15)2-3-12(9)21-13/h2-5,8,11H,6-7H2,1H3,(H,17,18)/t8-,11-/m1/s1. The van der Waals surface area contributed by atoms with Gasteiger partial charge < -0.3 is 5.11 Å². The molecule has 1 aromatic carbocycles. The Morgan fingerprint density at radius 2 is 2.09 bits per heavy atom. The molecule has 118 valence electrons. The summed E-state index contributed by atoms with van der Waals surface area (Å²) in [6.07, 6.45) is 0. The number of carbonyl (C=O) groups is 1. The van der Waals surface area contributed by atoms with Gasteiger partial charge in [-0.05, 0) is 35.6 Å². The van der Waals surface area contributed by atoms with Gasteiger partial charge in [0.05, 0.1) is 5.92 Å². The first-order valence-corrected chi connectivity index (χ1v) is 9.34. The molecule has 2 atom stereocenters. The second-order valence-corrected chi connectivity index (χ2v) is 9.18. The molecule has 0 amide bonds. The van der Waals surface area contributed by atoms with Gasteiger partial charge in [0.25, 0.3) is 10.0 Å². The maximum atomic E-state index is 12.7. The van der Waals surface area contributed by atoms with Crippen molar-refractivity contribution in [2.75, 3.05) is 13.1 Å². The lowest BCUT2D eigenvalue weighted by Crippen LogP contribution is -2.29. The van der Waals surface area contributed by atoms with Crippen LogP contribution in [0.3, 0.4) is 0 Å². The zero-order valence-electron chi connectivity index (χ0n) is 11.7. The van der Waals surface area contributed by atoms with E-state index >= 15 is 0 Å². The van der Waals surface area contributed by atoms with Gasteiger partial charge in [-0.3, -0.25) is 4.79 Å². The normalized spacial score (nSPS) is 23.2. The van der Waals surface area contributed by atoms with E-state index in [-0.39, 0.29) is 23.2 Å². The van der Waals surface area contributed by atoms with Crippen LogP contribution < -0.4 is 0 Å². The molecule has 0 radical (unpaired) electrons. The van der Waals surface area contributed by atoms with Crippen molar-refractivity contribution in [3.05, 3.63) is 29.3 Å². The summed E-state index contributed by atoms with van der Waals surface area (Å²) in [6, 6.07) is 6.82. The Balaban J connectivity index is 1.97. The van der Waals surface area contributed by atoms with Crippen molar-refractivity contribution in [3.8, 4) is 0 Å². The summed E-state index contributed by atoms with van der Waals surface area (Å²) < 4.78 is 27.8. The predicted molar refractivity (Wildman–Crippen MR) is 85.9 cm³/mol. The number of halogens is 1. The van der Waals surface area contributed by atoms with Gasteiger partial charge in [0, 0.05) is 22.8 Å². The van der Waals surface area contributed by atoms with Crippen molar-refractivity contribution < 1.29 is 18.3 Å². The van der Waals surface area contributed by atoms with Gasteiger partial charge in [0.2, 0.25) is 0 Å². The van der Waals surface area contributed by atoms with E-state index in [2.05, 4.69) is 0 Å². The highest BCUT2D eigenvalue weighted by atomic mass is 35.5. The van der Waals surface area contributed by atoms with Gasteiger partial charge in [0.1, 0.15) is 4.21 Å². The summed E-state index contributed by atoms with van der Waals surface area (Å²) in [5, 5.41) is 10.5. The van der Waals surface area contributed by atoms with E-state index in [9.17, 15) is 13.2 Å². The Morgan fingerprint density at radius 3 is 2.73 bits per heavy atom. The van der Waals surface area contributed by atoms with Crippen molar-refractivity contribution >= 4 is 49.0 Å². The van der Waals surface area contributed by atoms with E-state index in [0.717, 1.165) is 10.1 Å². The van der Waals surface area contributed by atoms with Crippen LogP contribution in [0.5, 0.6) is 0 Å². The van der Waals surface area contributed by atoms with Gasteiger partial charge in [-0.25, -0.2) is 8.42 Å². The third-order valence-corrected chi connectivity index (χ3v) is 7.58. The minimum Gasteiger partial charge on any atom is -0.481 e. The molecule has 2 aromatic rings. The summed E-state index contributed by atoms with van der Waals surface area (Å²) in [6.45, 7) is 2.02. The van der Waals surface area contributed by atoms with Crippen LogP contribution in [0.25, 0.3) is 10.1 Å². The number of carboxylic acids is 1. The topological polar surface area (TPSA) is 74.7 Å². The van der Waals surface area contributed by atoms with Crippen molar-refractivity contribution in [1.82, 2.24) is 4.31 Å². The molecule has 0 saturated carbocycles. The Kier molecular flexibility index (Phi) is 3.92. The number of fused-ring (bicyclic) bond motifs is 1. The SMILES string of the molecule is C[C@@H]1CN(S(=O)(=O)c2cc3cc(Cl)ccc3s2)C[C@H]1C(=O)O. The van der Waals surface area contributed by atoms with Crippen LogP contribution in [-0.4, -0.2) is 36.9 Å². The summed E-state index contributed by atoms with van der Waals surface area (Å²) in [4.78, 5) is 11.2. The van der Waals surface area contributed by atoms with E-state index in [0.29, 0.717) is 5.02 Å². The second-order valence-electron chi connectivity index (χ2n) is 5.49. The van der Waals surface area contributed by atoms with Crippen LogP contribution in [-0.2, 0) is 14.8 Å². The fraction of sp³-hybridized carbons (Fsp3) is 0.357. The summed E-state index contributed by atoms with van der Waals surface area (Å²) in [7, 11) is -3.67. The van der Waals surface area contributed by atoms with Crippen molar-refractivity contribution in [2.24, 2.45) is 11.8 Å². The van der Waals surface area contributed by atoms with E-state index in [1.165, 1.54) is 15.6 Å². The minimum absolute atomic E-state index is 0.0217. The molecule has 1 saturated heterocycles. The molecular weight excluding hydrogens is 346 g/mol. The molecular formula is C14H14ClNO4S2. The molecule has 1 fully saturated rings. The fourth-order valence-electron chi connectivity index (χ4n) is 2.68. The molecule has 0 spiro atoms. The van der Waals surface area contributed by atoms with Crippen LogP contribution in [0.1, 0.15) is 6.92 Å². The summed E-state index contributed by atoms with van der Waals surface area (Å²) >= 11 is 7.10. The molecule has 1 aliphatic heterocycles. The molecule has 3 rings (SSSR count). The van der Waals surface area contributed by atoms with Gasteiger partial charge in [-0.1, -0.05) is 18.5 Å². The third kappa shape index (κ3) is 2.62. The monoisotopic (exact) mass is 359 g/mol. The predicted octanol–water partition coefficient (Wildman–Crippen LogP) is 2.90. The van der Waals surface area contributed by atoms with E-state index in [4.69, 9.17) is 16.7 Å². The number of hydrogen-bond acceptors (Lipinski definition) is 4. The minimum atomic E-state index is -3.67. The van der Waals surface area contributed by atoms with Crippen molar-refractivity contribution in [2.45, 2.75) is 11.1 Å². The van der Waals surface area contributed by atoms with Crippen LogP contribution in [0.15, 0.2) is 28.5 Å². The van der Waals surface area contributed by atoms with E-state index in [1.54, 1.807) is 31.2 Å². The maximum absolute atomic E-state index is 12.7. The zero-order chi connectivity index (χ0) is 16.1. The van der Waals surface area contributed by atoms with Gasteiger partial charge in [-0.15, -0.1) is 11.3 Å². The third-order valence-electron chi connectivity index (χ3n) is 3.95. The van der Waals surface area contributed by atoms with Gasteiger partial charge in [0.15, 0.2) is 0 Å². The lowest BCUT2D eigenvalue weighted by Gasteiger charge is -2.14. The Labute approximate surface area is 137 Å². The lowest BCUT2D eigenvalue weighted by atomic mass is 9.99. The quantitative estimate of drug-likeness (QED) is 0.914. The Morgan fingerprint density at radius 1 is 1.36 bits per heavy atom. The second kappa shape index (κ2) is 5.49. The zero-order valence-corrected chi connectivity index (χ0v) is 14.1. The molecule has 8 heteroatoms. The summed E-state index contributed by atoms with van der Waals surface area (Å²) in [5.74, 6) is -1.80. The number of thiophene rings is 1. The highest BCUT2D eigenvalue weighted by molar-refractivity contribution is 7.91. The first-order valence-electron chi connectivity index (χ1n) is 6.71. The van der Waals surface area contributed by atoms with Crippen LogP contribution in [0.4, 0.5) is 0 Å². The molecule has 1 aliphatic rings. The van der Waals surface area contributed by atoms with Gasteiger partial charge in [-0.2, -0.15) is 4.31 Å². The van der Waals surface area contributed by atoms with Crippen LogP contribution in [0.2, 0.25) is 5.02 Å².